The van der Waals surface area contributed by atoms with Crippen LogP contribution in [0.4, 0.5) is 0 Å². The Balaban J connectivity index is 1.47. The van der Waals surface area contributed by atoms with Crippen LogP contribution in [-0.4, -0.2) is 65.3 Å². The van der Waals surface area contributed by atoms with Crippen molar-refractivity contribution < 1.29 is 9.53 Å². The molecular weight excluding hydrogens is 447 g/mol. The molecule has 0 aliphatic carbocycles. The highest BCUT2D eigenvalue weighted by atomic mass is 35.5. The number of ether oxygens (including phenoxy) is 1. The van der Waals surface area contributed by atoms with Gasteiger partial charge < -0.3 is 9.64 Å². The van der Waals surface area contributed by atoms with Gasteiger partial charge >= 0.3 is 0 Å². The Morgan fingerprint density at radius 1 is 1.03 bits per heavy atom. The predicted molar refractivity (Wildman–Crippen MR) is 125 cm³/mol. The number of hydrogen-bond acceptors (Lipinski definition) is 4. The maximum Gasteiger partial charge on any atom is 0.273 e. The van der Waals surface area contributed by atoms with Crippen LogP contribution < -0.4 is 0 Å². The summed E-state index contributed by atoms with van der Waals surface area (Å²) in [4.78, 5) is 17.7. The number of carbonyl (C=O) groups is 1. The molecule has 1 atom stereocenters. The summed E-state index contributed by atoms with van der Waals surface area (Å²) in [5, 5.41) is 8.81. The number of nitrogens with zero attached hydrogens (tertiary/aromatic N) is 3. The number of H-pyrrole nitrogens is 1. The monoisotopic (exact) mass is 470 g/mol. The van der Waals surface area contributed by atoms with Gasteiger partial charge in [0, 0.05) is 47.4 Å². The van der Waals surface area contributed by atoms with Crippen LogP contribution in [0.5, 0.6) is 0 Å². The second-order valence-corrected chi connectivity index (χ2v) is 9.00. The minimum Gasteiger partial charge on any atom is -0.379 e. The lowest BCUT2D eigenvalue weighted by molar-refractivity contribution is 0.0354. The number of amides is 1. The Morgan fingerprint density at radius 3 is 2.56 bits per heavy atom. The maximum absolute atomic E-state index is 13.4. The SMILES string of the molecule is O=C1c2[nH]nc(-c3ccc(Cl)cc3)c2C(c2cccc(Cl)c2)N1CCCN1CCOCC1. The van der Waals surface area contributed by atoms with Crippen molar-refractivity contribution in [3.63, 3.8) is 0 Å². The molecule has 1 unspecified atom stereocenters. The molecule has 0 spiro atoms. The van der Waals surface area contributed by atoms with E-state index < -0.39 is 0 Å². The van der Waals surface area contributed by atoms with E-state index in [2.05, 4.69) is 15.1 Å². The summed E-state index contributed by atoms with van der Waals surface area (Å²) in [7, 11) is 0. The first-order valence-electron chi connectivity index (χ1n) is 10.8. The van der Waals surface area contributed by atoms with E-state index in [4.69, 9.17) is 27.9 Å². The van der Waals surface area contributed by atoms with Crippen molar-refractivity contribution in [2.75, 3.05) is 39.4 Å². The van der Waals surface area contributed by atoms with Crippen molar-refractivity contribution in [3.8, 4) is 11.3 Å². The van der Waals surface area contributed by atoms with Crippen LogP contribution >= 0.6 is 23.2 Å². The van der Waals surface area contributed by atoms with Crippen LogP contribution in [0.15, 0.2) is 48.5 Å². The van der Waals surface area contributed by atoms with Gasteiger partial charge in [0.25, 0.3) is 5.91 Å². The third kappa shape index (κ3) is 4.16. The fourth-order valence-corrected chi connectivity index (χ4v) is 4.89. The number of aromatic amines is 1. The largest absolute Gasteiger partial charge is 0.379 e. The van der Waals surface area contributed by atoms with Crippen molar-refractivity contribution in [1.29, 1.82) is 0 Å². The number of halogens is 2. The number of nitrogens with one attached hydrogen (secondary N) is 1. The minimum absolute atomic E-state index is 0.0281. The van der Waals surface area contributed by atoms with E-state index in [0.29, 0.717) is 22.3 Å². The molecular formula is C24H24Cl2N4O2. The van der Waals surface area contributed by atoms with Gasteiger partial charge in [-0.1, -0.05) is 47.5 Å². The molecule has 2 aromatic carbocycles. The number of fused-ring (bicyclic) bond motifs is 1. The fourth-order valence-electron chi connectivity index (χ4n) is 4.57. The number of morpholine rings is 1. The number of benzene rings is 2. The second-order valence-electron chi connectivity index (χ2n) is 8.13. The Kier molecular flexibility index (Phi) is 6.20. The zero-order valence-electron chi connectivity index (χ0n) is 17.6. The average Bonchev–Trinajstić information content (AvgIpc) is 3.34. The van der Waals surface area contributed by atoms with Crippen LogP contribution in [0.25, 0.3) is 11.3 Å². The molecule has 1 amide bonds. The lowest BCUT2D eigenvalue weighted by atomic mass is 9.96. The summed E-state index contributed by atoms with van der Waals surface area (Å²) in [6.45, 7) is 5.01. The Hall–Kier alpha value is -2.38. The van der Waals surface area contributed by atoms with Crippen LogP contribution in [0.3, 0.4) is 0 Å². The van der Waals surface area contributed by atoms with Gasteiger partial charge in [-0.2, -0.15) is 5.10 Å². The first-order valence-corrected chi connectivity index (χ1v) is 11.6. The van der Waals surface area contributed by atoms with Crippen LogP contribution in [-0.2, 0) is 4.74 Å². The summed E-state index contributed by atoms with van der Waals surface area (Å²) < 4.78 is 5.44. The normalized spacial score (nSPS) is 18.9. The van der Waals surface area contributed by atoms with Crippen LogP contribution in [0, 0.1) is 0 Å². The lowest BCUT2D eigenvalue weighted by Crippen LogP contribution is -2.38. The van der Waals surface area contributed by atoms with Gasteiger partial charge in [-0.3, -0.25) is 14.8 Å². The molecule has 166 valence electrons. The number of hydrogen-bond donors (Lipinski definition) is 1. The highest BCUT2D eigenvalue weighted by molar-refractivity contribution is 6.31. The number of carbonyl (C=O) groups excluding carboxylic acids is 1. The smallest absolute Gasteiger partial charge is 0.273 e. The van der Waals surface area contributed by atoms with E-state index in [1.54, 1.807) is 0 Å². The molecule has 0 bridgehead atoms. The predicted octanol–water partition coefficient (Wildman–Crippen LogP) is 4.65. The third-order valence-corrected chi connectivity index (χ3v) is 6.61. The van der Waals surface area contributed by atoms with Crippen molar-refractivity contribution >= 4 is 29.1 Å². The molecule has 2 aliphatic rings. The zero-order valence-corrected chi connectivity index (χ0v) is 19.1. The molecule has 3 heterocycles. The summed E-state index contributed by atoms with van der Waals surface area (Å²) >= 11 is 12.4. The first-order chi connectivity index (χ1) is 15.6. The van der Waals surface area contributed by atoms with Gasteiger partial charge in [0.1, 0.15) is 5.69 Å². The van der Waals surface area contributed by atoms with Crippen LogP contribution in [0.1, 0.15) is 34.1 Å². The van der Waals surface area contributed by atoms with Crippen LogP contribution in [0.2, 0.25) is 10.0 Å². The zero-order chi connectivity index (χ0) is 22.1. The highest BCUT2D eigenvalue weighted by Crippen LogP contribution is 2.43. The van der Waals surface area contributed by atoms with Gasteiger partial charge in [-0.15, -0.1) is 0 Å². The molecule has 3 aromatic rings. The first kappa shape index (κ1) is 21.5. The molecule has 1 fully saturated rings. The molecule has 2 aliphatic heterocycles. The maximum atomic E-state index is 13.4. The third-order valence-electron chi connectivity index (χ3n) is 6.12. The van der Waals surface area contributed by atoms with E-state index in [1.807, 2.05) is 53.4 Å². The van der Waals surface area contributed by atoms with E-state index in [0.717, 1.165) is 61.7 Å². The molecule has 5 rings (SSSR count). The van der Waals surface area contributed by atoms with E-state index >= 15 is 0 Å². The topological polar surface area (TPSA) is 61.5 Å². The quantitative estimate of drug-likeness (QED) is 0.569. The molecule has 1 aromatic heterocycles. The van der Waals surface area contributed by atoms with E-state index in [-0.39, 0.29) is 11.9 Å². The van der Waals surface area contributed by atoms with Crippen molar-refractivity contribution in [1.82, 2.24) is 20.0 Å². The number of rotatable bonds is 6. The summed E-state index contributed by atoms with van der Waals surface area (Å²) in [6.07, 6.45) is 0.886. The van der Waals surface area contributed by atoms with Crippen molar-refractivity contribution in [3.05, 3.63) is 75.4 Å². The Morgan fingerprint density at radius 2 is 1.81 bits per heavy atom. The van der Waals surface area contributed by atoms with E-state index in [9.17, 15) is 4.79 Å². The molecule has 0 radical (unpaired) electrons. The van der Waals surface area contributed by atoms with Gasteiger partial charge in [-0.25, -0.2) is 0 Å². The molecule has 8 heteroatoms. The van der Waals surface area contributed by atoms with E-state index in [1.165, 1.54) is 0 Å². The minimum atomic E-state index is -0.245. The molecule has 32 heavy (non-hydrogen) atoms. The Labute approximate surface area is 197 Å². The van der Waals surface area contributed by atoms with Gasteiger partial charge in [0.05, 0.1) is 24.9 Å². The van der Waals surface area contributed by atoms with Crippen molar-refractivity contribution in [2.24, 2.45) is 0 Å². The van der Waals surface area contributed by atoms with Gasteiger partial charge in [0.2, 0.25) is 0 Å². The lowest BCUT2D eigenvalue weighted by Gasteiger charge is -2.29. The Bertz CT molecular complexity index is 1110. The average molecular weight is 471 g/mol. The standard InChI is InChI=1S/C24H24Cl2N4O2/c25-18-7-5-16(6-8-18)21-20-22(28-27-21)24(31)30(10-2-9-29-11-13-32-14-12-29)23(20)17-3-1-4-19(26)15-17/h1,3-8,15,23H,2,9-14H2,(H,27,28). The molecule has 1 N–H and O–H groups in total. The highest BCUT2D eigenvalue weighted by Gasteiger charge is 2.42. The summed E-state index contributed by atoms with van der Waals surface area (Å²) in [5.41, 5.74) is 4.11. The fraction of sp³-hybridized carbons (Fsp3) is 0.333. The number of aromatic nitrogens is 2. The summed E-state index contributed by atoms with van der Waals surface area (Å²) in [5.74, 6) is -0.0281. The van der Waals surface area contributed by atoms with Gasteiger partial charge in [0.15, 0.2) is 0 Å². The summed E-state index contributed by atoms with van der Waals surface area (Å²) in [6, 6.07) is 15.0. The molecule has 1 saturated heterocycles. The van der Waals surface area contributed by atoms with Crippen molar-refractivity contribution in [2.45, 2.75) is 12.5 Å². The molecule has 0 saturated carbocycles. The second kappa shape index (κ2) is 9.24. The van der Waals surface area contributed by atoms with Gasteiger partial charge in [-0.05, 0) is 36.2 Å². The molecule has 6 nitrogen and oxygen atoms in total.